The molecule has 0 rings (SSSR count). The number of carbonyl (C=O) groups excluding carboxylic acids is 2. The van der Waals surface area contributed by atoms with Crippen LogP contribution in [0.15, 0.2) is 0 Å². The van der Waals surface area contributed by atoms with Crippen LogP contribution < -0.4 is 0 Å². The lowest BCUT2D eigenvalue weighted by Crippen LogP contribution is -2.24. The smallest absolute Gasteiger partial charge is 0.389 e. The zero-order valence-corrected chi connectivity index (χ0v) is 12.7. The lowest BCUT2D eigenvalue weighted by molar-refractivity contribution is -0.155. The molecule has 0 N–H and O–H groups in total. The van der Waals surface area contributed by atoms with Crippen LogP contribution in [0.5, 0.6) is 0 Å². The van der Waals surface area contributed by atoms with Crippen LogP contribution in [-0.4, -0.2) is 31.3 Å². The van der Waals surface area contributed by atoms with E-state index in [-0.39, 0.29) is 32.0 Å². The van der Waals surface area contributed by atoms with E-state index >= 15 is 0 Å². The minimum absolute atomic E-state index is 0.253. The summed E-state index contributed by atoms with van der Waals surface area (Å²) in [5.41, 5.74) is 0. The van der Waals surface area contributed by atoms with Gasteiger partial charge in [0.2, 0.25) is 0 Å². The van der Waals surface area contributed by atoms with Gasteiger partial charge in [-0.2, -0.15) is 13.2 Å². The standard InChI is InChI=1S/C14H23F3O4/c1-4-11(13(19)20-5-2)9-10(3)12(18)21-8-6-7-14(15,16)17/h10-11H,4-9H2,1-3H3. The molecule has 2 atom stereocenters. The van der Waals surface area contributed by atoms with Gasteiger partial charge >= 0.3 is 18.1 Å². The number of hydrogen-bond donors (Lipinski definition) is 0. The van der Waals surface area contributed by atoms with Gasteiger partial charge in [-0.25, -0.2) is 0 Å². The Bertz CT molecular complexity index is 329. The quantitative estimate of drug-likeness (QED) is 0.483. The van der Waals surface area contributed by atoms with Gasteiger partial charge in [-0.3, -0.25) is 9.59 Å². The summed E-state index contributed by atoms with van der Waals surface area (Å²) in [6, 6.07) is 0. The number of esters is 2. The van der Waals surface area contributed by atoms with E-state index in [2.05, 4.69) is 0 Å². The predicted molar refractivity (Wildman–Crippen MR) is 70.4 cm³/mol. The van der Waals surface area contributed by atoms with Gasteiger partial charge in [-0.05, 0) is 26.2 Å². The molecule has 0 spiro atoms. The molecule has 124 valence electrons. The first-order valence-electron chi connectivity index (χ1n) is 7.11. The van der Waals surface area contributed by atoms with E-state index < -0.39 is 30.4 Å². The van der Waals surface area contributed by atoms with Crippen molar-refractivity contribution in [1.29, 1.82) is 0 Å². The third-order valence-corrected chi connectivity index (χ3v) is 3.00. The summed E-state index contributed by atoms with van der Waals surface area (Å²) in [6.07, 6.45) is -4.67. The summed E-state index contributed by atoms with van der Waals surface area (Å²) >= 11 is 0. The number of hydrogen-bond acceptors (Lipinski definition) is 4. The Balaban J connectivity index is 4.11. The lowest BCUT2D eigenvalue weighted by atomic mass is 9.94. The van der Waals surface area contributed by atoms with Gasteiger partial charge in [-0.15, -0.1) is 0 Å². The Morgan fingerprint density at radius 1 is 1.10 bits per heavy atom. The molecule has 0 aliphatic heterocycles. The molecule has 0 aromatic heterocycles. The Hall–Kier alpha value is -1.27. The molecule has 2 unspecified atom stereocenters. The molecule has 0 aromatic rings. The van der Waals surface area contributed by atoms with Crippen molar-refractivity contribution in [3.05, 3.63) is 0 Å². The van der Waals surface area contributed by atoms with E-state index in [1.807, 2.05) is 6.92 Å². The number of rotatable bonds is 9. The zero-order chi connectivity index (χ0) is 16.5. The minimum atomic E-state index is -4.24. The van der Waals surface area contributed by atoms with Crippen molar-refractivity contribution in [1.82, 2.24) is 0 Å². The molecule has 0 saturated carbocycles. The van der Waals surface area contributed by atoms with E-state index in [1.165, 1.54) is 0 Å². The first kappa shape index (κ1) is 19.7. The zero-order valence-electron chi connectivity index (χ0n) is 12.7. The fourth-order valence-electron chi connectivity index (χ4n) is 1.80. The van der Waals surface area contributed by atoms with Crippen LogP contribution >= 0.6 is 0 Å². The SMILES string of the molecule is CCOC(=O)C(CC)CC(C)C(=O)OCCCC(F)(F)F. The van der Waals surface area contributed by atoms with Crippen molar-refractivity contribution < 1.29 is 32.2 Å². The summed E-state index contributed by atoms with van der Waals surface area (Å²) in [7, 11) is 0. The lowest BCUT2D eigenvalue weighted by Gasteiger charge is -2.17. The number of ether oxygens (including phenoxy) is 2. The highest BCUT2D eigenvalue weighted by Gasteiger charge is 2.27. The molecule has 7 heteroatoms. The first-order valence-corrected chi connectivity index (χ1v) is 7.11. The van der Waals surface area contributed by atoms with Crippen molar-refractivity contribution in [2.75, 3.05) is 13.2 Å². The first-order chi connectivity index (χ1) is 9.71. The van der Waals surface area contributed by atoms with Crippen LogP contribution in [0.25, 0.3) is 0 Å². The molecule has 0 aromatic carbocycles. The molecular weight excluding hydrogens is 289 g/mol. The predicted octanol–water partition coefficient (Wildman–Crippen LogP) is 3.49. The maximum Gasteiger partial charge on any atom is 0.389 e. The monoisotopic (exact) mass is 312 g/mol. The highest BCUT2D eigenvalue weighted by Crippen LogP contribution is 2.22. The van der Waals surface area contributed by atoms with E-state index in [0.29, 0.717) is 6.42 Å². The van der Waals surface area contributed by atoms with Crippen molar-refractivity contribution in [2.45, 2.75) is 52.6 Å². The third-order valence-electron chi connectivity index (χ3n) is 3.00. The van der Waals surface area contributed by atoms with Crippen molar-refractivity contribution in [2.24, 2.45) is 11.8 Å². The van der Waals surface area contributed by atoms with Gasteiger partial charge in [0.1, 0.15) is 0 Å². The maximum atomic E-state index is 11.9. The molecule has 0 fully saturated rings. The maximum absolute atomic E-state index is 11.9. The summed E-state index contributed by atoms with van der Waals surface area (Å²) < 4.78 is 45.5. The van der Waals surface area contributed by atoms with Crippen LogP contribution in [0.2, 0.25) is 0 Å². The largest absolute Gasteiger partial charge is 0.466 e. The van der Waals surface area contributed by atoms with E-state index in [4.69, 9.17) is 9.47 Å². The molecule has 4 nitrogen and oxygen atoms in total. The minimum Gasteiger partial charge on any atom is -0.466 e. The summed E-state index contributed by atoms with van der Waals surface area (Å²) in [4.78, 5) is 23.2. The van der Waals surface area contributed by atoms with Crippen molar-refractivity contribution in [3.63, 3.8) is 0 Å². The van der Waals surface area contributed by atoms with Gasteiger partial charge in [0.05, 0.1) is 25.0 Å². The molecule has 21 heavy (non-hydrogen) atoms. The molecule has 0 aliphatic rings. The fourth-order valence-corrected chi connectivity index (χ4v) is 1.80. The second-order valence-corrected chi connectivity index (χ2v) is 4.88. The van der Waals surface area contributed by atoms with Gasteiger partial charge in [0.15, 0.2) is 0 Å². The Morgan fingerprint density at radius 3 is 2.19 bits per heavy atom. The van der Waals surface area contributed by atoms with Crippen LogP contribution in [0.4, 0.5) is 13.2 Å². The van der Waals surface area contributed by atoms with E-state index in [0.717, 1.165) is 0 Å². The molecule has 0 amide bonds. The van der Waals surface area contributed by atoms with Crippen molar-refractivity contribution >= 4 is 11.9 Å². The second kappa shape index (κ2) is 9.63. The second-order valence-electron chi connectivity index (χ2n) is 4.88. The van der Waals surface area contributed by atoms with Crippen LogP contribution in [0.1, 0.15) is 46.5 Å². The van der Waals surface area contributed by atoms with Crippen molar-refractivity contribution in [3.8, 4) is 0 Å². The average Bonchev–Trinajstić information content (AvgIpc) is 2.39. The summed E-state index contributed by atoms with van der Waals surface area (Å²) in [5.74, 6) is -1.90. The molecule has 0 bridgehead atoms. The number of halogens is 3. The van der Waals surface area contributed by atoms with E-state index in [1.54, 1.807) is 13.8 Å². The van der Waals surface area contributed by atoms with Gasteiger partial charge in [0.25, 0.3) is 0 Å². The molecule has 0 heterocycles. The Kier molecular flexibility index (Phi) is 9.05. The highest BCUT2D eigenvalue weighted by atomic mass is 19.4. The number of carbonyl (C=O) groups is 2. The van der Waals surface area contributed by atoms with Crippen LogP contribution in [-0.2, 0) is 19.1 Å². The number of alkyl halides is 3. The molecule has 0 radical (unpaired) electrons. The normalized spacial score (nSPS) is 14.4. The Morgan fingerprint density at radius 2 is 1.71 bits per heavy atom. The third kappa shape index (κ3) is 9.31. The average molecular weight is 312 g/mol. The summed E-state index contributed by atoms with van der Waals surface area (Å²) in [6.45, 7) is 5.10. The van der Waals surface area contributed by atoms with E-state index in [9.17, 15) is 22.8 Å². The van der Waals surface area contributed by atoms with Gasteiger partial charge in [0, 0.05) is 6.42 Å². The summed E-state index contributed by atoms with van der Waals surface area (Å²) in [5, 5.41) is 0. The highest BCUT2D eigenvalue weighted by molar-refractivity contribution is 5.75. The molecule has 0 aliphatic carbocycles. The van der Waals surface area contributed by atoms with Crippen LogP contribution in [0.3, 0.4) is 0 Å². The topological polar surface area (TPSA) is 52.6 Å². The van der Waals surface area contributed by atoms with Gasteiger partial charge < -0.3 is 9.47 Å². The van der Waals surface area contributed by atoms with Crippen LogP contribution in [0, 0.1) is 11.8 Å². The van der Waals surface area contributed by atoms with Gasteiger partial charge in [-0.1, -0.05) is 13.8 Å². The fraction of sp³-hybridized carbons (Fsp3) is 0.857. The molecule has 0 saturated heterocycles. The molecular formula is C14H23F3O4. The Labute approximate surface area is 123 Å².